The minimum absolute atomic E-state index is 0.0531. The van der Waals surface area contributed by atoms with E-state index in [1.54, 1.807) is 43.3 Å². The standard InChI is InChI=1S/C20H21NO6/c1-21(15-3-5-16(6-4-15)26-12-19(22)23)20(24)14-9-13-10-17(25-2)7-8-18(13)27-11-14/h3-8,10,14H,9,11-12H2,1-2H3,(H,22,23). The molecular formula is C20H21NO6. The van der Waals surface area contributed by atoms with Gasteiger partial charge in [-0.25, -0.2) is 4.79 Å². The van der Waals surface area contributed by atoms with Crippen molar-refractivity contribution in [2.45, 2.75) is 6.42 Å². The summed E-state index contributed by atoms with van der Waals surface area (Å²) >= 11 is 0. The number of carboxylic acid groups (broad SMARTS) is 1. The Morgan fingerprint density at radius 2 is 1.89 bits per heavy atom. The van der Waals surface area contributed by atoms with Crippen LogP contribution in [-0.4, -0.2) is 44.4 Å². The third-order valence-electron chi connectivity index (χ3n) is 4.44. The summed E-state index contributed by atoms with van der Waals surface area (Å²) < 4.78 is 16.1. The number of hydrogen-bond acceptors (Lipinski definition) is 5. The van der Waals surface area contributed by atoms with E-state index in [4.69, 9.17) is 19.3 Å². The zero-order chi connectivity index (χ0) is 19.4. The number of carbonyl (C=O) groups excluding carboxylic acids is 1. The van der Waals surface area contributed by atoms with E-state index >= 15 is 0 Å². The minimum Gasteiger partial charge on any atom is -0.497 e. The molecule has 1 aliphatic heterocycles. The molecule has 7 heteroatoms. The molecule has 1 N–H and O–H groups in total. The number of carboxylic acids is 1. The Bertz CT molecular complexity index is 833. The van der Waals surface area contributed by atoms with Gasteiger partial charge in [0.2, 0.25) is 5.91 Å². The molecule has 1 aliphatic rings. The van der Waals surface area contributed by atoms with Crippen LogP contribution in [0.2, 0.25) is 0 Å². The molecule has 1 unspecified atom stereocenters. The van der Waals surface area contributed by atoms with Gasteiger partial charge in [0.1, 0.15) is 23.9 Å². The lowest BCUT2D eigenvalue weighted by Crippen LogP contribution is -2.38. The van der Waals surface area contributed by atoms with E-state index in [1.807, 2.05) is 18.2 Å². The quantitative estimate of drug-likeness (QED) is 0.839. The summed E-state index contributed by atoms with van der Waals surface area (Å²) in [5.74, 6) is 0.558. The highest BCUT2D eigenvalue weighted by Crippen LogP contribution is 2.32. The van der Waals surface area contributed by atoms with E-state index in [0.29, 0.717) is 24.5 Å². The van der Waals surface area contributed by atoms with Gasteiger partial charge in [-0.05, 0) is 54.4 Å². The Balaban J connectivity index is 1.67. The van der Waals surface area contributed by atoms with Crippen molar-refractivity contribution in [3.63, 3.8) is 0 Å². The molecule has 0 spiro atoms. The molecule has 1 atom stereocenters. The van der Waals surface area contributed by atoms with E-state index in [9.17, 15) is 9.59 Å². The van der Waals surface area contributed by atoms with Gasteiger partial charge in [-0.3, -0.25) is 4.79 Å². The maximum atomic E-state index is 12.9. The summed E-state index contributed by atoms with van der Waals surface area (Å²) in [5.41, 5.74) is 1.64. The molecule has 0 bridgehead atoms. The number of methoxy groups -OCH3 is 1. The smallest absolute Gasteiger partial charge is 0.341 e. The zero-order valence-corrected chi connectivity index (χ0v) is 15.2. The number of aliphatic carboxylic acids is 1. The minimum atomic E-state index is -1.04. The van der Waals surface area contributed by atoms with Gasteiger partial charge in [-0.15, -0.1) is 0 Å². The average molecular weight is 371 g/mol. The number of rotatable bonds is 6. The summed E-state index contributed by atoms with van der Waals surface area (Å²) in [5, 5.41) is 8.64. The molecule has 2 aromatic carbocycles. The van der Waals surface area contributed by atoms with Crippen LogP contribution in [0, 0.1) is 5.92 Å². The number of hydrogen-bond donors (Lipinski definition) is 1. The predicted molar refractivity (Wildman–Crippen MR) is 98.7 cm³/mol. The van der Waals surface area contributed by atoms with Crippen LogP contribution in [0.1, 0.15) is 5.56 Å². The van der Waals surface area contributed by atoms with Gasteiger partial charge in [0, 0.05) is 12.7 Å². The molecule has 0 aliphatic carbocycles. The molecule has 0 saturated heterocycles. The summed E-state index contributed by atoms with van der Waals surface area (Å²) in [4.78, 5) is 25.0. The van der Waals surface area contributed by atoms with E-state index in [2.05, 4.69) is 0 Å². The molecule has 3 rings (SSSR count). The second-order valence-electron chi connectivity index (χ2n) is 6.26. The third-order valence-corrected chi connectivity index (χ3v) is 4.44. The first-order valence-electron chi connectivity index (χ1n) is 8.50. The van der Waals surface area contributed by atoms with Crippen LogP contribution in [0.25, 0.3) is 0 Å². The number of fused-ring (bicyclic) bond motifs is 1. The number of benzene rings is 2. The highest BCUT2D eigenvalue weighted by molar-refractivity contribution is 5.95. The van der Waals surface area contributed by atoms with Gasteiger partial charge in [-0.2, -0.15) is 0 Å². The van der Waals surface area contributed by atoms with Crippen molar-refractivity contribution in [2.75, 3.05) is 32.3 Å². The fraction of sp³-hybridized carbons (Fsp3) is 0.300. The van der Waals surface area contributed by atoms with Crippen molar-refractivity contribution in [2.24, 2.45) is 5.92 Å². The summed E-state index contributed by atoms with van der Waals surface area (Å²) in [6, 6.07) is 12.3. The van der Waals surface area contributed by atoms with Crippen molar-refractivity contribution in [3.05, 3.63) is 48.0 Å². The number of carbonyl (C=O) groups is 2. The fourth-order valence-corrected chi connectivity index (χ4v) is 2.97. The number of ether oxygens (including phenoxy) is 3. The summed E-state index contributed by atoms with van der Waals surface area (Å²) in [6.45, 7) is -0.0846. The maximum Gasteiger partial charge on any atom is 0.341 e. The lowest BCUT2D eigenvalue weighted by molar-refractivity contribution is -0.139. The Morgan fingerprint density at radius 3 is 2.56 bits per heavy atom. The van der Waals surface area contributed by atoms with Crippen LogP contribution >= 0.6 is 0 Å². The third kappa shape index (κ3) is 4.31. The lowest BCUT2D eigenvalue weighted by atomic mass is 9.95. The first kappa shape index (κ1) is 18.6. The topological polar surface area (TPSA) is 85.3 Å². The number of nitrogens with zero attached hydrogens (tertiary/aromatic N) is 1. The maximum absolute atomic E-state index is 12.9. The van der Waals surface area contributed by atoms with Gasteiger partial charge in [-0.1, -0.05) is 0 Å². The molecule has 0 radical (unpaired) electrons. The summed E-state index contributed by atoms with van der Waals surface area (Å²) in [6.07, 6.45) is 0.579. The van der Waals surface area contributed by atoms with Crippen LogP contribution in [0.5, 0.6) is 17.2 Å². The van der Waals surface area contributed by atoms with Crippen LogP contribution < -0.4 is 19.1 Å². The van der Waals surface area contributed by atoms with E-state index in [0.717, 1.165) is 17.1 Å². The van der Waals surface area contributed by atoms with E-state index < -0.39 is 12.6 Å². The first-order valence-corrected chi connectivity index (χ1v) is 8.50. The van der Waals surface area contributed by atoms with Gasteiger partial charge < -0.3 is 24.2 Å². The predicted octanol–water partition coefficient (Wildman–Crippen LogP) is 2.37. The van der Waals surface area contributed by atoms with Gasteiger partial charge in [0.05, 0.1) is 13.0 Å². The number of anilines is 1. The van der Waals surface area contributed by atoms with Crippen molar-refractivity contribution in [1.82, 2.24) is 0 Å². The fourth-order valence-electron chi connectivity index (χ4n) is 2.97. The van der Waals surface area contributed by atoms with Crippen LogP contribution in [0.15, 0.2) is 42.5 Å². The SMILES string of the molecule is COc1ccc2c(c1)CC(C(=O)N(C)c1ccc(OCC(=O)O)cc1)CO2. The molecule has 2 aromatic rings. The Kier molecular flexibility index (Phi) is 5.49. The van der Waals surface area contributed by atoms with Crippen LogP contribution in [-0.2, 0) is 16.0 Å². The van der Waals surface area contributed by atoms with Crippen molar-refractivity contribution in [3.8, 4) is 17.2 Å². The van der Waals surface area contributed by atoms with Crippen LogP contribution in [0.3, 0.4) is 0 Å². The Hall–Kier alpha value is -3.22. The highest BCUT2D eigenvalue weighted by atomic mass is 16.5. The summed E-state index contributed by atoms with van der Waals surface area (Å²) in [7, 11) is 3.31. The Labute approximate surface area is 157 Å². The van der Waals surface area contributed by atoms with Gasteiger partial charge in [0.15, 0.2) is 6.61 Å². The molecule has 0 fully saturated rings. The largest absolute Gasteiger partial charge is 0.497 e. The second-order valence-corrected chi connectivity index (χ2v) is 6.26. The molecule has 1 heterocycles. The zero-order valence-electron chi connectivity index (χ0n) is 15.2. The molecule has 0 saturated carbocycles. The normalized spacial score (nSPS) is 15.3. The van der Waals surface area contributed by atoms with Crippen molar-refractivity contribution in [1.29, 1.82) is 0 Å². The monoisotopic (exact) mass is 371 g/mol. The van der Waals surface area contributed by atoms with Crippen molar-refractivity contribution >= 4 is 17.6 Å². The van der Waals surface area contributed by atoms with Crippen LogP contribution in [0.4, 0.5) is 5.69 Å². The number of amides is 1. The Morgan fingerprint density at radius 1 is 1.19 bits per heavy atom. The first-order chi connectivity index (χ1) is 13.0. The van der Waals surface area contributed by atoms with Gasteiger partial charge in [0.25, 0.3) is 0 Å². The van der Waals surface area contributed by atoms with Crippen molar-refractivity contribution < 1.29 is 28.9 Å². The lowest BCUT2D eigenvalue weighted by Gasteiger charge is -2.28. The second kappa shape index (κ2) is 7.99. The average Bonchev–Trinajstić information content (AvgIpc) is 2.70. The van der Waals surface area contributed by atoms with Gasteiger partial charge >= 0.3 is 5.97 Å². The molecule has 7 nitrogen and oxygen atoms in total. The van der Waals surface area contributed by atoms with E-state index in [-0.39, 0.29) is 11.8 Å². The molecule has 142 valence electrons. The molecular weight excluding hydrogens is 350 g/mol. The molecule has 0 aromatic heterocycles. The molecule has 1 amide bonds. The molecule has 27 heavy (non-hydrogen) atoms. The highest BCUT2D eigenvalue weighted by Gasteiger charge is 2.29. The van der Waals surface area contributed by atoms with E-state index in [1.165, 1.54) is 0 Å².